The van der Waals surface area contributed by atoms with Gasteiger partial charge < -0.3 is 10.2 Å². The van der Waals surface area contributed by atoms with Crippen molar-refractivity contribution in [3.8, 4) is 0 Å². The van der Waals surface area contributed by atoms with E-state index in [1.807, 2.05) is 0 Å². The van der Waals surface area contributed by atoms with Crippen molar-refractivity contribution in [2.75, 3.05) is 0 Å². The molecular formula is C15H12O4S. The number of benzene rings is 2. The van der Waals surface area contributed by atoms with E-state index in [0.717, 1.165) is 11.8 Å². The lowest BCUT2D eigenvalue weighted by atomic mass is 10.1. The molecule has 2 aromatic carbocycles. The fourth-order valence-corrected chi connectivity index (χ4v) is 2.85. The number of carbonyl (C=O) groups is 2. The minimum absolute atomic E-state index is 0.111. The second kappa shape index (κ2) is 6.25. The molecule has 102 valence electrons. The van der Waals surface area contributed by atoms with E-state index in [4.69, 9.17) is 5.11 Å². The molecule has 1 unspecified atom stereocenters. The number of aromatic carboxylic acids is 1. The van der Waals surface area contributed by atoms with E-state index in [1.54, 1.807) is 48.5 Å². The maximum Gasteiger partial charge on any atom is 0.336 e. The smallest absolute Gasteiger partial charge is 0.336 e. The van der Waals surface area contributed by atoms with Gasteiger partial charge in [-0.05, 0) is 17.7 Å². The molecule has 0 saturated heterocycles. The Balaban J connectivity index is 2.35. The van der Waals surface area contributed by atoms with Gasteiger partial charge in [0.25, 0.3) is 0 Å². The molecule has 20 heavy (non-hydrogen) atoms. The quantitative estimate of drug-likeness (QED) is 0.826. The molecule has 0 bridgehead atoms. The van der Waals surface area contributed by atoms with Crippen LogP contribution >= 0.6 is 11.8 Å². The SMILES string of the molecule is O=C(O)c1ccccc1SC(C(=O)O)c1ccccc1. The molecule has 2 rings (SSSR count). The molecule has 0 aliphatic rings. The van der Waals surface area contributed by atoms with Gasteiger partial charge in [-0.15, -0.1) is 11.8 Å². The van der Waals surface area contributed by atoms with Gasteiger partial charge in [-0.25, -0.2) is 4.79 Å². The summed E-state index contributed by atoms with van der Waals surface area (Å²) in [5.41, 5.74) is 0.741. The summed E-state index contributed by atoms with van der Waals surface area (Å²) in [6, 6.07) is 15.2. The molecule has 1 atom stereocenters. The van der Waals surface area contributed by atoms with E-state index in [2.05, 4.69) is 0 Å². The van der Waals surface area contributed by atoms with Gasteiger partial charge in [0, 0.05) is 4.90 Å². The first-order chi connectivity index (χ1) is 9.59. The maximum absolute atomic E-state index is 11.4. The van der Waals surface area contributed by atoms with Crippen molar-refractivity contribution in [3.05, 3.63) is 65.7 Å². The summed E-state index contributed by atoms with van der Waals surface area (Å²) in [5.74, 6) is -2.06. The molecule has 0 aliphatic heterocycles. The fraction of sp³-hybridized carbons (Fsp3) is 0.0667. The highest BCUT2D eigenvalue weighted by atomic mass is 32.2. The summed E-state index contributed by atoms with van der Waals surface area (Å²) in [4.78, 5) is 23.0. The van der Waals surface area contributed by atoms with Gasteiger partial charge in [0.1, 0.15) is 5.25 Å². The predicted molar refractivity (Wildman–Crippen MR) is 76.1 cm³/mol. The van der Waals surface area contributed by atoms with E-state index in [9.17, 15) is 14.7 Å². The van der Waals surface area contributed by atoms with Crippen LogP contribution in [0.3, 0.4) is 0 Å². The lowest BCUT2D eigenvalue weighted by molar-refractivity contribution is -0.136. The van der Waals surface area contributed by atoms with Crippen LogP contribution in [0, 0.1) is 0 Å². The van der Waals surface area contributed by atoms with Crippen molar-refractivity contribution in [1.82, 2.24) is 0 Å². The number of aliphatic carboxylic acids is 1. The van der Waals surface area contributed by atoms with Crippen LogP contribution in [0.15, 0.2) is 59.5 Å². The summed E-state index contributed by atoms with van der Waals surface area (Å²) >= 11 is 1.02. The Bertz CT molecular complexity index is 625. The first-order valence-electron chi connectivity index (χ1n) is 5.86. The number of rotatable bonds is 5. The molecule has 0 radical (unpaired) electrons. The number of thioether (sulfide) groups is 1. The molecule has 5 heteroatoms. The largest absolute Gasteiger partial charge is 0.480 e. The fourth-order valence-electron chi connectivity index (χ4n) is 1.76. The lowest BCUT2D eigenvalue weighted by Crippen LogP contribution is -2.09. The molecule has 0 aromatic heterocycles. The number of hydrogen-bond donors (Lipinski definition) is 2. The highest BCUT2D eigenvalue weighted by Crippen LogP contribution is 2.37. The maximum atomic E-state index is 11.4. The van der Waals surface area contributed by atoms with Gasteiger partial charge in [0.05, 0.1) is 5.56 Å². The van der Waals surface area contributed by atoms with E-state index in [0.29, 0.717) is 10.5 Å². The van der Waals surface area contributed by atoms with Crippen molar-refractivity contribution in [2.45, 2.75) is 10.1 Å². The summed E-state index contributed by atoms with van der Waals surface area (Å²) in [6.45, 7) is 0. The topological polar surface area (TPSA) is 74.6 Å². The number of hydrogen-bond acceptors (Lipinski definition) is 3. The average Bonchev–Trinajstić information content (AvgIpc) is 2.45. The van der Waals surface area contributed by atoms with Crippen LogP contribution in [0.25, 0.3) is 0 Å². The third-order valence-electron chi connectivity index (χ3n) is 2.69. The Labute approximate surface area is 120 Å². The molecule has 0 fully saturated rings. The average molecular weight is 288 g/mol. The lowest BCUT2D eigenvalue weighted by Gasteiger charge is -2.13. The molecule has 0 spiro atoms. The Hall–Kier alpha value is -2.27. The van der Waals surface area contributed by atoms with Crippen LogP contribution < -0.4 is 0 Å². The van der Waals surface area contributed by atoms with Crippen molar-refractivity contribution in [3.63, 3.8) is 0 Å². The third-order valence-corrected chi connectivity index (χ3v) is 4.01. The van der Waals surface area contributed by atoms with Crippen molar-refractivity contribution in [1.29, 1.82) is 0 Å². The molecule has 0 amide bonds. The Morgan fingerprint density at radius 2 is 1.50 bits per heavy atom. The first kappa shape index (κ1) is 14.1. The summed E-state index contributed by atoms with van der Waals surface area (Å²) < 4.78 is 0. The highest BCUT2D eigenvalue weighted by molar-refractivity contribution is 8.00. The minimum atomic E-state index is -1.06. The Morgan fingerprint density at radius 3 is 2.10 bits per heavy atom. The van der Waals surface area contributed by atoms with E-state index < -0.39 is 17.2 Å². The zero-order chi connectivity index (χ0) is 14.5. The van der Waals surface area contributed by atoms with Crippen LogP contribution in [0.5, 0.6) is 0 Å². The zero-order valence-corrected chi connectivity index (χ0v) is 11.2. The van der Waals surface area contributed by atoms with Crippen LogP contribution in [-0.4, -0.2) is 22.2 Å². The summed E-state index contributed by atoms with van der Waals surface area (Å²) in [7, 11) is 0. The molecule has 4 nitrogen and oxygen atoms in total. The predicted octanol–water partition coefficient (Wildman–Crippen LogP) is 3.30. The second-order valence-electron chi connectivity index (χ2n) is 4.05. The van der Waals surface area contributed by atoms with E-state index in [-0.39, 0.29) is 5.56 Å². The summed E-state index contributed by atoms with van der Waals surface area (Å²) in [5, 5.41) is 17.6. The van der Waals surface area contributed by atoms with E-state index >= 15 is 0 Å². The molecule has 2 aromatic rings. The molecule has 0 aliphatic carbocycles. The van der Waals surface area contributed by atoms with Crippen LogP contribution in [0.1, 0.15) is 21.2 Å². The summed E-state index contributed by atoms with van der Waals surface area (Å²) in [6.07, 6.45) is 0. The zero-order valence-electron chi connectivity index (χ0n) is 10.4. The van der Waals surface area contributed by atoms with Crippen molar-refractivity contribution < 1.29 is 19.8 Å². The molecule has 0 heterocycles. The first-order valence-corrected chi connectivity index (χ1v) is 6.74. The van der Waals surface area contributed by atoms with Crippen LogP contribution in [-0.2, 0) is 4.79 Å². The monoisotopic (exact) mass is 288 g/mol. The van der Waals surface area contributed by atoms with Gasteiger partial charge in [0.15, 0.2) is 0 Å². The van der Waals surface area contributed by atoms with Crippen LogP contribution in [0.4, 0.5) is 0 Å². The standard InChI is InChI=1S/C15H12O4S/c16-14(17)11-8-4-5-9-12(11)20-13(15(18)19)10-6-2-1-3-7-10/h1-9,13H,(H,16,17)(H,18,19). The van der Waals surface area contributed by atoms with Crippen molar-refractivity contribution >= 4 is 23.7 Å². The van der Waals surface area contributed by atoms with Gasteiger partial charge in [-0.3, -0.25) is 4.79 Å². The van der Waals surface area contributed by atoms with Gasteiger partial charge in [-0.1, -0.05) is 42.5 Å². The third kappa shape index (κ3) is 3.19. The Kier molecular flexibility index (Phi) is 4.42. The number of carboxylic acid groups (broad SMARTS) is 2. The van der Waals surface area contributed by atoms with Gasteiger partial charge >= 0.3 is 11.9 Å². The minimum Gasteiger partial charge on any atom is -0.480 e. The molecular weight excluding hydrogens is 276 g/mol. The van der Waals surface area contributed by atoms with Gasteiger partial charge in [0.2, 0.25) is 0 Å². The van der Waals surface area contributed by atoms with Gasteiger partial charge in [-0.2, -0.15) is 0 Å². The molecule has 0 saturated carbocycles. The van der Waals surface area contributed by atoms with Crippen molar-refractivity contribution in [2.24, 2.45) is 0 Å². The molecule has 2 N–H and O–H groups in total. The van der Waals surface area contributed by atoms with Crippen LogP contribution in [0.2, 0.25) is 0 Å². The number of carboxylic acids is 2. The Morgan fingerprint density at radius 1 is 0.900 bits per heavy atom. The highest BCUT2D eigenvalue weighted by Gasteiger charge is 2.23. The normalized spacial score (nSPS) is 11.8. The van der Waals surface area contributed by atoms with E-state index in [1.165, 1.54) is 6.07 Å². The second-order valence-corrected chi connectivity index (χ2v) is 5.20.